The molecule has 0 radical (unpaired) electrons. The van der Waals surface area contributed by atoms with E-state index in [0.29, 0.717) is 6.42 Å². The number of benzene rings is 3. The number of hydrogen-bond donors (Lipinski definition) is 1. The van der Waals surface area contributed by atoms with Gasteiger partial charge < -0.3 is 5.11 Å². The van der Waals surface area contributed by atoms with Gasteiger partial charge in [0.05, 0.1) is 17.4 Å². The van der Waals surface area contributed by atoms with E-state index in [9.17, 15) is 5.11 Å². The Labute approximate surface area is 173 Å². The molecule has 1 aliphatic heterocycles. The van der Waals surface area contributed by atoms with Crippen LogP contribution in [0.15, 0.2) is 95.4 Å². The van der Waals surface area contributed by atoms with Crippen LogP contribution >= 0.6 is 11.3 Å². The van der Waals surface area contributed by atoms with Crippen molar-refractivity contribution >= 4 is 22.2 Å². The Kier molecular flexibility index (Phi) is 4.58. The molecule has 142 valence electrons. The second kappa shape index (κ2) is 7.53. The molecule has 4 nitrogen and oxygen atoms in total. The lowest BCUT2D eigenvalue weighted by molar-refractivity contribution is 0.461. The molecule has 0 fully saturated rings. The van der Waals surface area contributed by atoms with E-state index in [4.69, 9.17) is 10.1 Å². The van der Waals surface area contributed by atoms with Gasteiger partial charge in [-0.1, -0.05) is 78.9 Å². The molecule has 0 spiro atoms. The van der Waals surface area contributed by atoms with Gasteiger partial charge >= 0.3 is 0 Å². The highest BCUT2D eigenvalue weighted by Crippen LogP contribution is 2.41. The molecule has 1 atom stereocenters. The van der Waals surface area contributed by atoms with Crippen LogP contribution in [0.4, 0.5) is 5.13 Å². The maximum absolute atomic E-state index is 10.5. The summed E-state index contributed by atoms with van der Waals surface area (Å²) >= 11 is 1.57. The van der Waals surface area contributed by atoms with Crippen molar-refractivity contribution in [3.8, 4) is 17.0 Å². The summed E-state index contributed by atoms with van der Waals surface area (Å²) in [7, 11) is 0. The molecule has 4 aromatic rings. The van der Waals surface area contributed by atoms with Gasteiger partial charge in [0.2, 0.25) is 5.13 Å². The number of phenolic OH excluding ortho intramolecular Hbond substituents is 1. The van der Waals surface area contributed by atoms with Crippen molar-refractivity contribution in [3.05, 3.63) is 101 Å². The molecule has 1 aromatic heterocycles. The smallest absolute Gasteiger partial charge is 0.207 e. The number of rotatable bonds is 4. The molecule has 0 bridgehead atoms. The third-order valence-corrected chi connectivity index (χ3v) is 5.90. The number of thiazole rings is 1. The van der Waals surface area contributed by atoms with Gasteiger partial charge in [0, 0.05) is 22.9 Å². The highest BCUT2D eigenvalue weighted by molar-refractivity contribution is 7.14. The second-order valence-corrected chi connectivity index (χ2v) is 7.75. The van der Waals surface area contributed by atoms with Crippen LogP contribution in [-0.2, 0) is 0 Å². The first-order valence-electron chi connectivity index (χ1n) is 9.50. The van der Waals surface area contributed by atoms with Gasteiger partial charge in [-0.05, 0) is 11.6 Å². The van der Waals surface area contributed by atoms with Crippen LogP contribution in [0.1, 0.15) is 23.6 Å². The van der Waals surface area contributed by atoms with Crippen molar-refractivity contribution < 1.29 is 5.11 Å². The van der Waals surface area contributed by atoms with Crippen molar-refractivity contribution in [2.75, 3.05) is 5.01 Å². The topological polar surface area (TPSA) is 48.7 Å². The van der Waals surface area contributed by atoms with Crippen molar-refractivity contribution in [2.45, 2.75) is 12.5 Å². The van der Waals surface area contributed by atoms with Gasteiger partial charge in [-0.2, -0.15) is 5.10 Å². The first-order chi connectivity index (χ1) is 14.3. The van der Waals surface area contributed by atoms with Crippen LogP contribution in [0.3, 0.4) is 0 Å². The third kappa shape index (κ3) is 3.41. The maximum atomic E-state index is 10.5. The lowest BCUT2D eigenvalue weighted by Gasteiger charge is -2.21. The Morgan fingerprint density at radius 1 is 0.828 bits per heavy atom. The summed E-state index contributed by atoms with van der Waals surface area (Å²) in [6, 6.07) is 27.7. The number of aromatic hydroxyl groups is 1. The average molecular weight is 398 g/mol. The first kappa shape index (κ1) is 17.6. The Hall–Kier alpha value is -3.44. The van der Waals surface area contributed by atoms with Crippen molar-refractivity contribution in [1.29, 1.82) is 0 Å². The predicted molar refractivity (Wildman–Crippen MR) is 118 cm³/mol. The minimum absolute atomic E-state index is 0.0961. The van der Waals surface area contributed by atoms with E-state index in [1.807, 2.05) is 59.6 Å². The molecule has 0 amide bonds. The fourth-order valence-corrected chi connectivity index (χ4v) is 4.45. The zero-order valence-electron chi connectivity index (χ0n) is 15.6. The average Bonchev–Trinajstić information content (AvgIpc) is 3.43. The van der Waals surface area contributed by atoms with Gasteiger partial charge in [-0.15, -0.1) is 11.3 Å². The van der Waals surface area contributed by atoms with E-state index in [-0.39, 0.29) is 11.8 Å². The fraction of sp³-hybridized carbons (Fsp3) is 0.0833. The highest BCUT2D eigenvalue weighted by Gasteiger charge is 2.33. The highest BCUT2D eigenvalue weighted by atomic mass is 32.1. The van der Waals surface area contributed by atoms with Crippen molar-refractivity contribution in [1.82, 2.24) is 4.98 Å². The summed E-state index contributed by atoms with van der Waals surface area (Å²) in [6.07, 6.45) is 0.710. The predicted octanol–water partition coefficient (Wildman–Crippen LogP) is 5.87. The van der Waals surface area contributed by atoms with Gasteiger partial charge in [0.1, 0.15) is 5.75 Å². The second-order valence-electron chi connectivity index (χ2n) is 6.92. The SMILES string of the molecule is Oc1ccccc1C1CC(c2ccccc2)=NN1c1nc(-c2ccccc2)cs1. The first-order valence-corrected chi connectivity index (χ1v) is 10.4. The molecule has 0 aliphatic carbocycles. The lowest BCUT2D eigenvalue weighted by Crippen LogP contribution is -2.18. The summed E-state index contributed by atoms with van der Waals surface area (Å²) < 4.78 is 0. The number of para-hydroxylation sites is 1. The number of nitrogens with zero attached hydrogens (tertiary/aromatic N) is 3. The Balaban J connectivity index is 1.56. The summed E-state index contributed by atoms with van der Waals surface area (Å²) in [5, 5.41) is 20.2. The van der Waals surface area contributed by atoms with Gasteiger partial charge in [0.25, 0.3) is 0 Å². The zero-order chi connectivity index (χ0) is 19.6. The van der Waals surface area contributed by atoms with E-state index >= 15 is 0 Å². The molecule has 0 saturated carbocycles. The molecule has 1 unspecified atom stereocenters. The van der Waals surface area contributed by atoms with Crippen LogP contribution in [0.25, 0.3) is 11.3 Å². The summed E-state index contributed by atoms with van der Waals surface area (Å²) in [5.41, 5.74) is 4.97. The summed E-state index contributed by atoms with van der Waals surface area (Å²) in [5.74, 6) is 0.284. The van der Waals surface area contributed by atoms with Gasteiger partial charge in [0.15, 0.2) is 0 Å². The Morgan fingerprint density at radius 2 is 1.48 bits per heavy atom. The lowest BCUT2D eigenvalue weighted by atomic mass is 9.98. The molecular weight excluding hydrogens is 378 g/mol. The molecule has 2 heterocycles. The van der Waals surface area contributed by atoms with E-state index in [1.54, 1.807) is 17.4 Å². The minimum atomic E-state index is -0.0961. The molecular formula is C24H19N3OS. The zero-order valence-corrected chi connectivity index (χ0v) is 16.5. The molecule has 5 heteroatoms. The third-order valence-electron chi connectivity index (χ3n) is 5.07. The number of aromatic nitrogens is 1. The number of hydrazone groups is 1. The normalized spacial score (nSPS) is 16.1. The van der Waals surface area contributed by atoms with E-state index < -0.39 is 0 Å². The monoisotopic (exact) mass is 397 g/mol. The summed E-state index contributed by atoms with van der Waals surface area (Å²) in [6.45, 7) is 0. The molecule has 1 N–H and O–H groups in total. The van der Waals surface area contributed by atoms with Crippen LogP contribution in [0, 0.1) is 0 Å². The fourth-order valence-electron chi connectivity index (χ4n) is 3.61. The number of phenols is 1. The van der Waals surface area contributed by atoms with E-state index in [2.05, 4.69) is 29.6 Å². The molecule has 5 rings (SSSR count). The van der Waals surface area contributed by atoms with Gasteiger partial charge in [-0.25, -0.2) is 9.99 Å². The molecule has 1 aliphatic rings. The largest absolute Gasteiger partial charge is 0.508 e. The standard InChI is InChI=1S/C24H19N3OS/c28-23-14-8-7-13-19(23)22-15-20(17-9-3-1-4-10-17)26-27(22)24-25-21(16-29-24)18-11-5-2-6-12-18/h1-14,16,22,28H,15H2. The number of anilines is 1. The van der Waals surface area contributed by atoms with Crippen molar-refractivity contribution in [2.24, 2.45) is 5.10 Å². The Morgan fingerprint density at radius 3 is 2.21 bits per heavy atom. The molecule has 0 saturated heterocycles. The quantitative estimate of drug-likeness (QED) is 0.468. The number of hydrogen-bond acceptors (Lipinski definition) is 5. The maximum Gasteiger partial charge on any atom is 0.207 e. The van der Waals surface area contributed by atoms with Crippen LogP contribution < -0.4 is 5.01 Å². The van der Waals surface area contributed by atoms with E-state index in [1.165, 1.54) is 0 Å². The Bertz CT molecular complexity index is 1150. The van der Waals surface area contributed by atoms with Crippen LogP contribution in [-0.4, -0.2) is 15.8 Å². The van der Waals surface area contributed by atoms with Crippen molar-refractivity contribution in [3.63, 3.8) is 0 Å². The van der Waals surface area contributed by atoms with Gasteiger partial charge in [-0.3, -0.25) is 0 Å². The summed E-state index contributed by atoms with van der Waals surface area (Å²) in [4.78, 5) is 4.85. The van der Waals surface area contributed by atoms with Crippen LogP contribution in [0.2, 0.25) is 0 Å². The van der Waals surface area contributed by atoms with E-state index in [0.717, 1.165) is 33.2 Å². The van der Waals surface area contributed by atoms with Crippen LogP contribution in [0.5, 0.6) is 5.75 Å². The minimum Gasteiger partial charge on any atom is -0.508 e. The molecule has 29 heavy (non-hydrogen) atoms. The molecule has 3 aromatic carbocycles.